The summed E-state index contributed by atoms with van der Waals surface area (Å²) in [6, 6.07) is 6.43. The molecule has 0 saturated carbocycles. The quantitative estimate of drug-likeness (QED) is 0.770. The number of carbonyl (C=O) groups excluding carboxylic acids is 1. The van der Waals surface area contributed by atoms with Crippen molar-refractivity contribution in [3.8, 4) is 5.75 Å². The Balaban J connectivity index is 2.63. The van der Waals surface area contributed by atoms with Gasteiger partial charge in [-0.05, 0) is 30.0 Å². The fraction of sp³-hybridized carbons (Fsp3) is 0.500. The highest BCUT2D eigenvalue weighted by Gasteiger charge is 2.23. The molecule has 116 valence electrons. The van der Waals surface area contributed by atoms with E-state index in [1.807, 2.05) is 25.1 Å². The van der Waals surface area contributed by atoms with Gasteiger partial charge >= 0.3 is 5.97 Å². The largest absolute Gasteiger partial charge is 0.494 e. The van der Waals surface area contributed by atoms with Crippen molar-refractivity contribution in [3.05, 3.63) is 29.8 Å². The van der Waals surface area contributed by atoms with Gasteiger partial charge in [0.25, 0.3) is 0 Å². The van der Waals surface area contributed by atoms with E-state index >= 15 is 0 Å². The molecule has 0 aliphatic heterocycles. The molecule has 1 aromatic carbocycles. The van der Waals surface area contributed by atoms with Gasteiger partial charge in [0, 0.05) is 0 Å². The number of amides is 1. The van der Waals surface area contributed by atoms with Gasteiger partial charge in [0.05, 0.1) is 13.0 Å². The molecule has 1 atom stereocenters. The highest BCUT2D eigenvalue weighted by atomic mass is 16.5. The molecule has 0 bridgehead atoms. The van der Waals surface area contributed by atoms with Crippen LogP contribution in [-0.2, 0) is 16.0 Å². The van der Waals surface area contributed by atoms with E-state index in [0.717, 1.165) is 17.7 Å². The number of nitrogens with one attached hydrogen (secondary N) is 1. The van der Waals surface area contributed by atoms with E-state index in [9.17, 15) is 9.59 Å². The summed E-state index contributed by atoms with van der Waals surface area (Å²) in [5.74, 6) is -0.756. The molecule has 0 fully saturated rings. The Morgan fingerprint density at radius 2 is 2.05 bits per heavy atom. The van der Waals surface area contributed by atoms with Crippen LogP contribution in [0.5, 0.6) is 5.75 Å². The van der Waals surface area contributed by atoms with Gasteiger partial charge in [-0.3, -0.25) is 4.79 Å². The first-order valence-corrected chi connectivity index (χ1v) is 7.18. The Morgan fingerprint density at radius 1 is 1.33 bits per heavy atom. The highest BCUT2D eigenvalue weighted by molar-refractivity contribution is 5.85. The normalized spacial score (nSPS) is 12.0. The zero-order valence-corrected chi connectivity index (χ0v) is 12.8. The third-order valence-electron chi connectivity index (χ3n) is 2.99. The van der Waals surface area contributed by atoms with Crippen LogP contribution in [-0.4, -0.2) is 29.6 Å². The van der Waals surface area contributed by atoms with Crippen LogP contribution < -0.4 is 10.1 Å². The van der Waals surface area contributed by atoms with Crippen LogP contribution in [0, 0.1) is 5.92 Å². The lowest BCUT2D eigenvalue weighted by Gasteiger charge is -2.18. The molecule has 0 aliphatic rings. The summed E-state index contributed by atoms with van der Waals surface area (Å²) in [6.45, 7) is 6.18. The van der Waals surface area contributed by atoms with Crippen molar-refractivity contribution in [2.24, 2.45) is 5.92 Å². The van der Waals surface area contributed by atoms with Crippen molar-refractivity contribution in [1.29, 1.82) is 0 Å². The second-order valence-electron chi connectivity index (χ2n) is 5.30. The zero-order valence-electron chi connectivity index (χ0n) is 12.8. The van der Waals surface area contributed by atoms with Gasteiger partial charge < -0.3 is 15.2 Å². The van der Waals surface area contributed by atoms with Gasteiger partial charge in [-0.25, -0.2) is 4.79 Å². The van der Waals surface area contributed by atoms with Crippen LogP contribution in [0.4, 0.5) is 0 Å². The van der Waals surface area contributed by atoms with Gasteiger partial charge in [0.15, 0.2) is 0 Å². The molecule has 0 aliphatic carbocycles. The van der Waals surface area contributed by atoms with Crippen LogP contribution in [0.2, 0.25) is 0 Å². The lowest BCUT2D eigenvalue weighted by atomic mass is 10.0. The molecule has 2 N–H and O–H groups in total. The molecule has 0 heterocycles. The van der Waals surface area contributed by atoms with Crippen LogP contribution in [0.1, 0.15) is 32.8 Å². The maximum Gasteiger partial charge on any atom is 0.326 e. The van der Waals surface area contributed by atoms with Crippen molar-refractivity contribution in [2.75, 3.05) is 6.61 Å². The first kappa shape index (κ1) is 17.0. The van der Waals surface area contributed by atoms with E-state index < -0.39 is 12.0 Å². The zero-order chi connectivity index (χ0) is 15.8. The van der Waals surface area contributed by atoms with Crippen LogP contribution in [0.3, 0.4) is 0 Å². The average molecular weight is 293 g/mol. The standard InChI is InChI=1S/C16H23NO4/c1-4-8-21-13-7-5-6-12(9-13)10-14(18)17-15(11(2)3)16(19)20/h5-7,9,11,15H,4,8,10H2,1-3H3,(H,17,18)(H,19,20)/t15-/m0/s1. The lowest BCUT2D eigenvalue weighted by Crippen LogP contribution is -2.44. The summed E-state index contributed by atoms with van der Waals surface area (Å²) in [5, 5.41) is 11.6. The van der Waals surface area contributed by atoms with E-state index in [1.54, 1.807) is 19.9 Å². The second-order valence-corrected chi connectivity index (χ2v) is 5.30. The summed E-state index contributed by atoms with van der Waals surface area (Å²) in [4.78, 5) is 23.0. The minimum atomic E-state index is -1.02. The number of carboxylic acids is 1. The molecule has 1 amide bonds. The van der Waals surface area contributed by atoms with Crippen LogP contribution >= 0.6 is 0 Å². The first-order chi connectivity index (χ1) is 9.93. The number of ether oxygens (including phenoxy) is 1. The van der Waals surface area contributed by atoms with E-state index in [0.29, 0.717) is 6.61 Å². The molecule has 1 rings (SSSR count). The van der Waals surface area contributed by atoms with Crippen LogP contribution in [0.15, 0.2) is 24.3 Å². The minimum Gasteiger partial charge on any atom is -0.494 e. The number of hydrogen-bond donors (Lipinski definition) is 2. The van der Waals surface area contributed by atoms with Crippen LogP contribution in [0.25, 0.3) is 0 Å². The van der Waals surface area contributed by atoms with Gasteiger partial charge in [-0.15, -0.1) is 0 Å². The summed E-state index contributed by atoms with van der Waals surface area (Å²) in [5.41, 5.74) is 0.800. The predicted octanol–water partition coefficient (Wildman–Crippen LogP) is 2.24. The Morgan fingerprint density at radius 3 is 2.62 bits per heavy atom. The molecule has 0 saturated heterocycles. The molecule has 0 radical (unpaired) electrons. The third kappa shape index (κ3) is 5.85. The summed E-state index contributed by atoms with van der Waals surface area (Å²) >= 11 is 0. The maximum atomic E-state index is 11.9. The number of rotatable bonds is 8. The molecule has 0 spiro atoms. The number of hydrogen-bond acceptors (Lipinski definition) is 3. The maximum absolute atomic E-state index is 11.9. The number of aliphatic carboxylic acids is 1. The van der Waals surface area contributed by atoms with Gasteiger partial charge in [0.2, 0.25) is 5.91 Å². The second kappa shape index (κ2) is 8.29. The molecule has 0 aromatic heterocycles. The summed E-state index contributed by atoms with van der Waals surface area (Å²) in [7, 11) is 0. The molecular formula is C16H23NO4. The van der Waals surface area contributed by atoms with Crippen molar-refractivity contribution < 1.29 is 19.4 Å². The minimum absolute atomic E-state index is 0.139. The highest BCUT2D eigenvalue weighted by Crippen LogP contribution is 2.14. The molecular weight excluding hydrogens is 270 g/mol. The van der Waals surface area contributed by atoms with E-state index in [4.69, 9.17) is 9.84 Å². The molecule has 5 nitrogen and oxygen atoms in total. The van der Waals surface area contributed by atoms with Gasteiger partial charge in [-0.1, -0.05) is 32.9 Å². The Hall–Kier alpha value is -2.04. The van der Waals surface area contributed by atoms with Crippen molar-refractivity contribution in [1.82, 2.24) is 5.32 Å². The van der Waals surface area contributed by atoms with E-state index in [1.165, 1.54) is 0 Å². The average Bonchev–Trinajstić information content (AvgIpc) is 2.42. The summed E-state index contributed by atoms with van der Waals surface area (Å²) < 4.78 is 5.51. The van der Waals surface area contributed by atoms with Gasteiger partial charge in [-0.2, -0.15) is 0 Å². The number of carbonyl (C=O) groups is 2. The number of carboxylic acid groups (broad SMARTS) is 1. The third-order valence-corrected chi connectivity index (χ3v) is 2.99. The fourth-order valence-corrected chi connectivity index (χ4v) is 1.89. The first-order valence-electron chi connectivity index (χ1n) is 7.18. The Labute approximate surface area is 125 Å². The monoisotopic (exact) mass is 293 g/mol. The molecule has 21 heavy (non-hydrogen) atoms. The van der Waals surface area contributed by atoms with Crippen molar-refractivity contribution in [2.45, 2.75) is 39.7 Å². The van der Waals surface area contributed by atoms with Crippen molar-refractivity contribution in [3.63, 3.8) is 0 Å². The molecule has 5 heteroatoms. The Kier molecular flexibility index (Phi) is 6.72. The van der Waals surface area contributed by atoms with E-state index in [-0.39, 0.29) is 18.2 Å². The Bertz CT molecular complexity index is 485. The van der Waals surface area contributed by atoms with E-state index in [2.05, 4.69) is 5.32 Å². The van der Waals surface area contributed by atoms with Crippen molar-refractivity contribution >= 4 is 11.9 Å². The fourth-order valence-electron chi connectivity index (χ4n) is 1.89. The topological polar surface area (TPSA) is 75.6 Å². The summed E-state index contributed by atoms with van der Waals surface area (Å²) in [6.07, 6.45) is 1.05. The number of benzene rings is 1. The SMILES string of the molecule is CCCOc1cccc(CC(=O)N[C@H](C(=O)O)C(C)C)c1. The lowest BCUT2D eigenvalue weighted by molar-refractivity contribution is -0.143. The smallest absolute Gasteiger partial charge is 0.326 e. The van der Waals surface area contributed by atoms with Gasteiger partial charge in [0.1, 0.15) is 11.8 Å². The molecule has 0 unspecified atom stereocenters. The predicted molar refractivity (Wildman–Crippen MR) is 80.3 cm³/mol. The molecule has 1 aromatic rings.